The Hall–Kier alpha value is -0.860. The number of rotatable bonds is 0. The van der Waals surface area contributed by atoms with E-state index in [0.29, 0.717) is 15.9 Å². The van der Waals surface area contributed by atoms with Crippen molar-refractivity contribution in [3.63, 3.8) is 0 Å². The highest BCUT2D eigenvalue weighted by molar-refractivity contribution is 6.36. The lowest BCUT2D eigenvalue weighted by molar-refractivity contribution is 0.630. The molecule has 1 aromatic heterocycles. The molecule has 1 aromatic carbocycles. The number of halogens is 3. The number of aryl methyl sites for hydroxylation is 1. The highest BCUT2D eigenvalue weighted by Crippen LogP contribution is 2.28. The van der Waals surface area contributed by atoms with E-state index in [0.717, 1.165) is 5.56 Å². The van der Waals surface area contributed by atoms with Crippen LogP contribution in [0.15, 0.2) is 18.3 Å². The maximum absolute atomic E-state index is 13.1. The number of nitrogens with zero attached hydrogens (tertiary/aromatic N) is 1. The fraction of sp³-hybridized carbons (Fsp3) is 0.100. The summed E-state index contributed by atoms with van der Waals surface area (Å²) >= 11 is 11.6. The van der Waals surface area contributed by atoms with Crippen molar-refractivity contribution >= 4 is 34.1 Å². The predicted octanol–water partition coefficient (Wildman–Crippen LogP) is 3.99. The lowest BCUT2D eigenvalue weighted by Crippen LogP contribution is -1.86. The summed E-state index contributed by atoms with van der Waals surface area (Å²) in [5.74, 6) is -0.478. The molecule has 0 bridgehead atoms. The number of benzene rings is 1. The molecule has 0 atom stereocenters. The zero-order valence-corrected chi connectivity index (χ0v) is 8.83. The Morgan fingerprint density at radius 3 is 2.71 bits per heavy atom. The van der Waals surface area contributed by atoms with Crippen LogP contribution in [0.1, 0.15) is 5.56 Å². The van der Waals surface area contributed by atoms with Crippen LogP contribution in [0.25, 0.3) is 10.9 Å². The molecule has 14 heavy (non-hydrogen) atoms. The first-order valence-corrected chi connectivity index (χ1v) is 4.75. The minimum absolute atomic E-state index is 0.0601. The van der Waals surface area contributed by atoms with Crippen LogP contribution in [0.5, 0.6) is 0 Å². The second kappa shape index (κ2) is 3.37. The fourth-order valence-electron chi connectivity index (χ4n) is 1.25. The van der Waals surface area contributed by atoms with Gasteiger partial charge in [-0.1, -0.05) is 23.2 Å². The van der Waals surface area contributed by atoms with Crippen molar-refractivity contribution in [3.8, 4) is 0 Å². The third-order valence-electron chi connectivity index (χ3n) is 2.02. The van der Waals surface area contributed by atoms with Crippen LogP contribution in [0.4, 0.5) is 4.39 Å². The van der Waals surface area contributed by atoms with Gasteiger partial charge in [0.05, 0.1) is 15.6 Å². The van der Waals surface area contributed by atoms with E-state index >= 15 is 0 Å². The number of pyridine rings is 1. The normalized spacial score (nSPS) is 10.9. The van der Waals surface area contributed by atoms with Crippen LogP contribution in [0, 0.1) is 12.7 Å². The average molecular weight is 230 g/mol. The lowest BCUT2D eigenvalue weighted by Gasteiger charge is -2.03. The molecule has 1 heterocycles. The van der Waals surface area contributed by atoms with E-state index in [1.165, 1.54) is 12.1 Å². The van der Waals surface area contributed by atoms with E-state index in [1.807, 2.05) is 6.92 Å². The molecule has 0 aliphatic carbocycles. The van der Waals surface area contributed by atoms with Crippen molar-refractivity contribution in [3.05, 3.63) is 39.8 Å². The highest BCUT2D eigenvalue weighted by Gasteiger charge is 2.07. The van der Waals surface area contributed by atoms with Gasteiger partial charge in [-0.15, -0.1) is 0 Å². The molecule has 0 unspecified atom stereocenters. The number of hydrogen-bond donors (Lipinski definition) is 0. The molecule has 72 valence electrons. The zero-order valence-electron chi connectivity index (χ0n) is 7.31. The minimum atomic E-state index is -0.478. The van der Waals surface area contributed by atoms with Crippen molar-refractivity contribution in [2.75, 3.05) is 0 Å². The van der Waals surface area contributed by atoms with Crippen molar-refractivity contribution in [1.29, 1.82) is 0 Å². The highest BCUT2D eigenvalue weighted by atomic mass is 35.5. The predicted molar refractivity (Wildman–Crippen MR) is 56.5 cm³/mol. The summed E-state index contributed by atoms with van der Waals surface area (Å²) in [5, 5.41) is 1.17. The van der Waals surface area contributed by atoms with Gasteiger partial charge in [-0.2, -0.15) is 0 Å². The van der Waals surface area contributed by atoms with E-state index in [2.05, 4.69) is 4.98 Å². The third kappa shape index (κ3) is 1.45. The molecule has 0 N–H and O–H groups in total. The Balaban J connectivity index is 2.89. The van der Waals surface area contributed by atoms with Gasteiger partial charge in [0.15, 0.2) is 0 Å². The molecule has 2 rings (SSSR count). The van der Waals surface area contributed by atoms with Gasteiger partial charge < -0.3 is 0 Å². The van der Waals surface area contributed by atoms with Crippen molar-refractivity contribution in [2.24, 2.45) is 0 Å². The zero-order chi connectivity index (χ0) is 10.3. The van der Waals surface area contributed by atoms with Gasteiger partial charge in [0, 0.05) is 11.6 Å². The van der Waals surface area contributed by atoms with Crippen molar-refractivity contribution in [2.45, 2.75) is 6.92 Å². The third-order valence-corrected chi connectivity index (χ3v) is 2.81. The van der Waals surface area contributed by atoms with Crippen LogP contribution in [0.3, 0.4) is 0 Å². The maximum Gasteiger partial charge on any atom is 0.142 e. The molecule has 1 nitrogen and oxygen atoms in total. The maximum atomic E-state index is 13.1. The molecule has 0 saturated heterocycles. The molecule has 0 saturated carbocycles. The van der Waals surface area contributed by atoms with Gasteiger partial charge in [0.1, 0.15) is 5.82 Å². The molecule has 4 heteroatoms. The smallest absolute Gasteiger partial charge is 0.142 e. The first-order valence-electron chi connectivity index (χ1n) is 3.99. The molecule has 0 radical (unpaired) electrons. The summed E-state index contributed by atoms with van der Waals surface area (Å²) in [6.45, 7) is 1.82. The van der Waals surface area contributed by atoms with Crippen LogP contribution < -0.4 is 0 Å². The van der Waals surface area contributed by atoms with Gasteiger partial charge in [-0.25, -0.2) is 4.39 Å². The topological polar surface area (TPSA) is 12.9 Å². The Kier molecular flexibility index (Phi) is 2.33. The van der Waals surface area contributed by atoms with Crippen molar-refractivity contribution < 1.29 is 4.39 Å². The quantitative estimate of drug-likeness (QED) is 0.666. The van der Waals surface area contributed by atoms with E-state index < -0.39 is 5.82 Å². The lowest BCUT2D eigenvalue weighted by atomic mass is 10.1. The second-order valence-corrected chi connectivity index (χ2v) is 3.82. The molecule has 0 aliphatic heterocycles. The first kappa shape index (κ1) is 9.69. The van der Waals surface area contributed by atoms with Crippen LogP contribution in [0.2, 0.25) is 10.0 Å². The fourth-order valence-corrected chi connectivity index (χ4v) is 1.61. The van der Waals surface area contributed by atoms with Gasteiger partial charge >= 0.3 is 0 Å². The monoisotopic (exact) mass is 229 g/mol. The molecule has 0 spiro atoms. The van der Waals surface area contributed by atoms with Crippen LogP contribution in [-0.2, 0) is 0 Å². The van der Waals surface area contributed by atoms with E-state index in [9.17, 15) is 4.39 Å². The number of hydrogen-bond acceptors (Lipinski definition) is 1. The molecular weight excluding hydrogens is 224 g/mol. The Morgan fingerprint density at radius 1 is 1.29 bits per heavy atom. The second-order valence-electron chi connectivity index (χ2n) is 3.04. The minimum Gasteiger partial charge on any atom is -0.256 e. The van der Waals surface area contributed by atoms with E-state index in [-0.39, 0.29) is 5.02 Å². The van der Waals surface area contributed by atoms with Gasteiger partial charge in [-0.3, -0.25) is 4.98 Å². The van der Waals surface area contributed by atoms with Crippen LogP contribution >= 0.6 is 23.2 Å². The summed E-state index contributed by atoms with van der Waals surface area (Å²) in [6.07, 6.45) is 1.64. The summed E-state index contributed by atoms with van der Waals surface area (Å²) in [4.78, 5) is 4.11. The van der Waals surface area contributed by atoms with E-state index in [1.54, 1.807) is 6.20 Å². The average Bonchev–Trinajstić information content (AvgIpc) is 2.15. The van der Waals surface area contributed by atoms with Gasteiger partial charge in [0.2, 0.25) is 0 Å². The summed E-state index contributed by atoms with van der Waals surface area (Å²) in [7, 11) is 0. The Morgan fingerprint density at radius 2 is 2.00 bits per heavy atom. The number of fused-ring (bicyclic) bond motifs is 1. The Labute approximate surface area is 90.5 Å². The SMILES string of the molecule is Cc1cnc2cc(Cl)c(F)cc2c1Cl. The summed E-state index contributed by atoms with van der Waals surface area (Å²) in [6, 6.07) is 2.78. The molecule has 0 fully saturated rings. The van der Waals surface area contributed by atoms with E-state index in [4.69, 9.17) is 23.2 Å². The van der Waals surface area contributed by atoms with Gasteiger partial charge in [-0.05, 0) is 24.6 Å². The standard InChI is InChI=1S/C10H6Cl2FN/c1-5-4-14-9-3-7(11)8(13)2-6(9)10(5)12/h2-4H,1H3. The molecule has 0 aliphatic rings. The molecule has 2 aromatic rings. The Bertz CT molecular complexity index is 511. The largest absolute Gasteiger partial charge is 0.256 e. The molecular formula is C10H6Cl2FN. The molecule has 0 amide bonds. The summed E-state index contributed by atoms with van der Waals surface area (Å²) < 4.78 is 13.1. The first-order chi connectivity index (χ1) is 6.59. The van der Waals surface area contributed by atoms with Gasteiger partial charge in [0.25, 0.3) is 0 Å². The summed E-state index contributed by atoms with van der Waals surface area (Å²) in [5.41, 5.74) is 1.42. The van der Waals surface area contributed by atoms with Crippen molar-refractivity contribution in [1.82, 2.24) is 4.98 Å². The number of aromatic nitrogens is 1. The van der Waals surface area contributed by atoms with Crippen LogP contribution in [-0.4, -0.2) is 4.98 Å².